The van der Waals surface area contributed by atoms with Gasteiger partial charge in [0.2, 0.25) is 10.7 Å². The number of hydrogen-bond acceptors (Lipinski definition) is 7. The molecule has 158 valence electrons. The first-order chi connectivity index (χ1) is 15.0. The van der Waals surface area contributed by atoms with Gasteiger partial charge < -0.3 is 10.5 Å². The molecule has 1 unspecified atom stereocenters. The first-order valence-electron chi connectivity index (χ1n) is 10.0. The van der Waals surface area contributed by atoms with Crippen molar-refractivity contribution in [2.24, 2.45) is 0 Å². The van der Waals surface area contributed by atoms with E-state index in [0.717, 1.165) is 17.0 Å². The molecule has 0 amide bonds. The molecule has 1 atom stereocenters. The molecule has 7 nitrogen and oxygen atoms in total. The summed E-state index contributed by atoms with van der Waals surface area (Å²) in [4.78, 5) is 29.2. The lowest BCUT2D eigenvalue weighted by Crippen LogP contribution is -2.17. The summed E-state index contributed by atoms with van der Waals surface area (Å²) in [5.74, 6) is 0.319. The van der Waals surface area contributed by atoms with Crippen molar-refractivity contribution in [2.75, 3.05) is 12.3 Å². The van der Waals surface area contributed by atoms with Gasteiger partial charge in [0.05, 0.1) is 12.2 Å². The summed E-state index contributed by atoms with van der Waals surface area (Å²) in [6, 6.07) is 10.1. The number of nitrogen functional groups attached to an aromatic ring is 1. The van der Waals surface area contributed by atoms with Gasteiger partial charge >= 0.3 is 0 Å². The lowest BCUT2D eigenvalue weighted by Gasteiger charge is -2.11. The van der Waals surface area contributed by atoms with Gasteiger partial charge in [-0.25, -0.2) is 0 Å². The Morgan fingerprint density at radius 2 is 1.97 bits per heavy atom. The molecular weight excluding hydrogens is 412 g/mol. The van der Waals surface area contributed by atoms with E-state index in [9.17, 15) is 9.59 Å². The zero-order valence-electron chi connectivity index (χ0n) is 17.2. The number of ether oxygens (including phenoxy) is 1. The lowest BCUT2D eigenvalue weighted by atomic mass is 9.97. The van der Waals surface area contributed by atoms with Crippen LogP contribution in [0.1, 0.15) is 42.3 Å². The molecule has 0 radical (unpaired) electrons. The second-order valence-electron chi connectivity index (χ2n) is 7.01. The number of nitrogens with zero attached hydrogens (tertiary/aromatic N) is 3. The highest BCUT2D eigenvalue weighted by Gasteiger charge is 2.20. The highest BCUT2D eigenvalue weighted by Crippen LogP contribution is 2.31. The predicted octanol–water partition coefficient (Wildman–Crippen LogP) is 3.72. The predicted molar refractivity (Wildman–Crippen MR) is 122 cm³/mol. The molecule has 0 saturated heterocycles. The van der Waals surface area contributed by atoms with Gasteiger partial charge in [0, 0.05) is 5.92 Å². The number of anilines is 1. The number of fused-ring (bicyclic) bond motifs is 1. The van der Waals surface area contributed by atoms with Crippen LogP contribution in [0.3, 0.4) is 0 Å². The van der Waals surface area contributed by atoms with Gasteiger partial charge in [-0.05, 0) is 42.7 Å². The standard InChI is InChI=1S/C23H22N4O3S/c1-3-16(15-8-6-5-7-9-15)22-26-27-20(24)17(21(29)25-23(27)31-22)12-14-10-11-18(28)19(13-14)30-4-2/h5-13,16H,3-4,24H2,1-2H3. The van der Waals surface area contributed by atoms with E-state index in [1.165, 1.54) is 21.9 Å². The Morgan fingerprint density at radius 1 is 1.19 bits per heavy atom. The zero-order chi connectivity index (χ0) is 22.0. The number of nitrogens with two attached hydrogens (primary N) is 1. The Labute approximate surface area is 183 Å². The average molecular weight is 435 g/mol. The number of benzene rings is 1. The summed E-state index contributed by atoms with van der Waals surface area (Å²) in [7, 11) is 0. The first kappa shape index (κ1) is 20.7. The Hall–Kier alpha value is -3.52. The van der Waals surface area contributed by atoms with Crippen molar-refractivity contribution < 1.29 is 9.53 Å². The fourth-order valence-corrected chi connectivity index (χ4v) is 4.57. The number of hydrogen-bond donors (Lipinski definition) is 1. The van der Waals surface area contributed by atoms with Crippen molar-refractivity contribution in [3.05, 3.63) is 86.4 Å². The Balaban J connectivity index is 1.78. The van der Waals surface area contributed by atoms with Crippen LogP contribution in [0.5, 0.6) is 0 Å². The highest BCUT2D eigenvalue weighted by atomic mass is 32.1. The van der Waals surface area contributed by atoms with Crippen LogP contribution in [0.2, 0.25) is 0 Å². The summed E-state index contributed by atoms with van der Waals surface area (Å²) in [5, 5.41) is 5.52. The first-order valence-corrected chi connectivity index (χ1v) is 10.9. The summed E-state index contributed by atoms with van der Waals surface area (Å²) in [6.07, 6.45) is 7.08. The summed E-state index contributed by atoms with van der Waals surface area (Å²) < 4.78 is 6.87. The normalized spacial score (nSPS) is 16.0. The molecule has 2 aromatic heterocycles. The molecule has 4 rings (SSSR count). The van der Waals surface area contributed by atoms with Crippen LogP contribution in [0, 0.1) is 0 Å². The van der Waals surface area contributed by atoms with E-state index in [1.54, 1.807) is 25.2 Å². The van der Waals surface area contributed by atoms with Crippen LogP contribution in [0.15, 0.2) is 64.7 Å². The van der Waals surface area contributed by atoms with Crippen molar-refractivity contribution in [2.45, 2.75) is 26.2 Å². The maximum atomic E-state index is 12.7. The fraction of sp³-hybridized carbons (Fsp3) is 0.217. The van der Waals surface area contributed by atoms with Gasteiger partial charge in [0.1, 0.15) is 10.8 Å². The van der Waals surface area contributed by atoms with Gasteiger partial charge in [0.15, 0.2) is 5.76 Å². The molecule has 0 saturated carbocycles. The van der Waals surface area contributed by atoms with Crippen molar-refractivity contribution in [1.82, 2.24) is 14.6 Å². The maximum absolute atomic E-state index is 12.7. The smallest absolute Gasteiger partial charge is 0.283 e. The molecule has 2 heterocycles. The fourth-order valence-electron chi connectivity index (χ4n) is 3.46. The third-order valence-corrected chi connectivity index (χ3v) is 6.02. The van der Waals surface area contributed by atoms with E-state index in [2.05, 4.69) is 29.1 Å². The third-order valence-electron chi connectivity index (χ3n) is 4.99. The summed E-state index contributed by atoms with van der Waals surface area (Å²) in [5.41, 5.74) is 7.89. The molecule has 8 heteroatoms. The molecule has 0 fully saturated rings. The Bertz CT molecular complexity index is 1290. The zero-order valence-corrected chi connectivity index (χ0v) is 18.1. The number of ketones is 1. The molecule has 1 aliphatic carbocycles. The van der Waals surface area contributed by atoms with Gasteiger partial charge in [0.25, 0.3) is 5.56 Å². The van der Waals surface area contributed by atoms with E-state index in [0.29, 0.717) is 17.1 Å². The van der Waals surface area contributed by atoms with E-state index >= 15 is 0 Å². The minimum atomic E-state index is -0.440. The number of carbonyl (C=O) groups excluding carboxylic acids is 1. The van der Waals surface area contributed by atoms with Crippen molar-refractivity contribution in [3.63, 3.8) is 0 Å². The minimum Gasteiger partial charge on any atom is -0.490 e. The lowest BCUT2D eigenvalue weighted by molar-refractivity contribution is -0.114. The van der Waals surface area contributed by atoms with Gasteiger partial charge in [-0.1, -0.05) is 54.7 Å². The molecule has 31 heavy (non-hydrogen) atoms. The minimum absolute atomic E-state index is 0.0909. The van der Waals surface area contributed by atoms with Crippen LogP contribution < -0.4 is 11.3 Å². The van der Waals surface area contributed by atoms with Gasteiger partial charge in [-0.15, -0.1) is 0 Å². The van der Waals surface area contributed by atoms with Crippen LogP contribution in [-0.2, 0) is 9.53 Å². The number of aromatic nitrogens is 3. The second kappa shape index (κ2) is 8.69. The van der Waals surface area contributed by atoms with E-state index in [4.69, 9.17) is 10.5 Å². The molecule has 0 aliphatic heterocycles. The van der Waals surface area contributed by atoms with Crippen molar-refractivity contribution in [1.29, 1.82) is 0 Å². The van der Waals surface area contributed by atoms with Gasteiger partial charge in [-0.2, -0.15) is 14.6 Å². The van der Waals surface area contributed by atoms with Crippen LogP contribution in [0.25, 0.3) is 11.0 Å². The van der Waals surface area contributed by atoms with E-state index in [1.807, 2.05) is 18.2 Å². The molecule has 2 N–H and O–H groups in total. The summed E-state index contributed by atoms with van der Waals surface area (Å²) >= 11 is 1.36. The molecule has 1 aromatic carbocycles. The van der Waals surface area contributed by atoms with Crippen LogP contribution in [0.4, 0.5) is 5.82 Å². The number of allylic oxidation sites excluding steroid dienone is 4. The SMILES string of the molecule is CCOC1=CC(=Cc2c(N)n3nc(C(CC)c4ccccc4)sc3nc2=O)C=CC1=O. The molecular formula is C23H22N4O3S. The molecule has 0 bridgehead atoms. The second-order valence-corrected chi connectivity index (χ2v) is 7.99. The summed E-state index contributed by atoms with van der Waals surface area (Å²) in [6.45, 7) is 4.27. The quantitative estimate of drug-likeness (QED) is 0.635. The van der Waals surface area contributed by atoms with Crippen LogP contribution >= 0.6 is 11.3 Å². The van der Waals surface area contributed by atoms with Crippen LogP contribution in [-0.4, -0.2) is 27.0 Å². The Kier molecular flexibility index (Phi) is 5.81. The van der Waals surface area contributed by atoms with E-state index < -0.39 is 5.56 Å². The molecule has 1 aliphatic rings. The molecule has 3 aromatic rings. The number of rotatable bonds is 6. The van der Waals surface area contributed by atoms with E-state index in [-0.39, 0.29) is 28.8 Å². The van der Waals surface area contributed by atoms with Crippen molar-refractivity contribution in [3.8, 4) is 0 Å². The third kappa shape index (κ3) is 4.06. The monoisotopic (exact) mass is 434 g/mol. The van der Waals surface area contributed by atoms with Crippen molar-refractivity contribution >= 4 is 34.0 Å². The average Bonchev–Trinajstić information content (AvgIpc) is 3.18. The van der Waals surface area contributed by atoms with Gasteiger partial charge in [-0.3, -0.25) is 9.59 Å². The largest absolute Gasteiger partial charge is 0.490 e. The number of carbonyl (C=O) groups is 1. The topological polar surface area (TPSA) is 99.6 Å². The highest BCUT2D eigenvalue weighted by molar-refractivity contribution is 7.16. The maximum Gasteiger partial charge on any atom is 0.283 e. The molecule has 0 spiro atoms. The Morgan fingerprint density at radius 3 is 2.68 bits per heavy atom.